The van der Waals surface area contributed by atoms with Gasteiger partial charge in [-0.25, -0.2) is 0 Å². The van der Waals surface area contributed by atoms with Crippen LogP contribution in [-0.2, 0) is 10.5 Å². The van der Waals surface area contributed by atoms with Crippen LogP contribution in [-0.4, -0.2) is 40.0 Å². The highest BCUT2D eigenvalue weighted by Crippen LogP contribution is 2.29. The maximum Gasteiger partial charge on any atom is 0.263 e. The molecule has 1 saturated heterocycles. The largest absolute Gasteiger partial charge is 0.337 e. The number of carbonyl (C=O) groups is 2. The van der Waals surface area contributed by atoms with Gasteiger partial charge in [0.15, 0.2) is 4.34 Å². The lowest BCUT2D eigenvalue weighted by Gasteiger charge is -2.31. The Morgan fingerprint density at radius 3 is 2.83 bits per heavy atom. The zero-order chi connectivity index (χ0) is 20.1. The number of rotatable bonds is 6. The molecule has 1 aliphatic rings. The van der Waals surface area contributed by atoms with E-state index in [4.69, 9.17) is 0 Å². The van der Waals surface area contributed by atoms with Crippen LogP contribution in [0.4, 0.5) is 5.13 Å². The molecule has 1 atom stereocenters. The molecule has 1 N–H and O–H groups in total. The Kier molecular flexibility index (Phi) is 6.58. The zero-order valence-electron chi connectivity index (χ0n) is 15.6. The number of hydrogen-bond donors (Lipinski definition) is 1. The van der Waals surface area contributed by atoms with Crippen LogP contribution in [0, 0.1) is 5.92 Å². The van der Waals surface area contributed by atoms with Crippen LogP contribution in [0.3, 0.4) is 0 Å². The van der Waals surface area contributed by atoms with E-state index in [1.807, 2.05) is 35.7 Å². The van der Waals surface area contributed by atoms with Crippen molar-refractivity contribution in [3.8, 4) is 0 Å². The van der Waals surface area contributed by atoms with Gasteiger partial charge < -0.3 is 10.2 Å². The van der Waals surface area contributed by atoms with Crippen molar-refractivity contribution in [2.24, 2.45) is 5.92 Å². The molecule has 0 spiro atoms. The molecule has 6 nitrogen and oxygen atoms in total. The van der Waals surface area contributed by atoms with Crippen molar-refractivity contribution in [3.05, 3.63) is 58.3 Å². The van der Waals surface area contributed by atoms with E-state index in [0.717, 1.165) is 27.8 Å². The summed E-state index contributed by atoms with van der Waals surface area (Å²) in [6.07, 6.45) is 1.60. The maximum atomic E-state index is 12.7. The SMILES string of the molecule is O=C(Nc1nnc(SCc2ccccc2)s1)C1CCCN(C(=O)c2cccs2)C1. The average Bonchev–Trinajstić information content (AvgIpc) is 3.45. The number of nitrogens with zero attached hydrogens (tertiary/aromatic N) is 3. The molecule has 1 aromatic carbocycles. The monoisotopic (exact) mass is 444 g/mol. The highest BCUT2D eigenvalue weighted by atomic mass is 32.2. The first-order valence-electron chi connectivity index (χ1n) is 9.33. The highest BCUT2D eigenvalue weighted by Gasteiger charge is 2.29. The van der Waals surface area contributed by atoms with Crippen LogP contribution in [0.5, 0.6) is 0 Å². The van der Waals surface area contributed by atoms with Gasteiger partial charge in [0.05, 0.1) is 10.8 Å². The van der Waals surface area contributed by atoms with Gasteiger partial charge in [-0.1, -0.05) is 59.5 Å². The fourth-order valence-corrected chi connectivity index (χ4v) is 5.58. The van der Waals surface area contributed by atoms with Crippen LogP contribution >= 0.6 is 34.4 Å². The second-order valence-corrected chi connectivity index (χ2v) is 9.85. The summed E-state index contributed by atoms with van der Waals surface area (Å²) in [7, 11) is 0. The first kappa shape index (κ1) is 20.1. The number of nitrogens with one attached hydrogen (secondary N) is 1. The summed E-state index contributed by atoms with van der Waals surface area (Å²) in [6, 6.07) is 13.9. The normalized spacial score (nSPS) is 16.6. The van der Waals surface area contributed by atoms with Gasteiger partial charge in [-0.05, 0) is 29.9 Å². The number of amides is 2. The van der Waals surface area contributed by atoms with Crippen LogP contribution in [0.15, 0.2) is 52.2 Å². The molecule has 9 heteroatoms. The quantitative estimate of drug-likeness (QED) is 0.451. The van der Waals surface area contributed by atoms with E-state index in [2.05, 4.69) is 27.6 Å². The topological polar surface area (TPSA) is 75.2 Å². The van der Waals surface area contributed by atoms with Crippen LogP contribution < -0.4 is 5.32 Å². The molecular formula is C20H20N4O2S3. The Morgan fingerprint density at radius 1 is 1.17 bits per heavy atom. The minimum absolute atomic E-state index is 0.00742. The number of likely N-dealkylation sites (tertiary alicyclic amines) is 1. The Balaban J connectivity index is 1.31. The van der Waals surface area contributed by atoms with Crippen molar-refractivity contribution in [3.63, 3.8) is 0 Å². The summed E-state index contributed by atoms with van der Waals surface area (Å²) in [4.78, 5) is 27.8. The lowest BCUT2D eigenvalue weighted by molar-refractivity contribution is -0.121. The second-order valence-electron chi connectivity index (χ2n) is 6.70. The minimum Gasteiger partial charge on any atom is -0.337 e. The average molecular weight is 445 g/mol. The van der Waals surface area contributed by atoms with E-state index in [9.17, 15) is 9.59 Å². The standard InChI is InChI=1S/C20H20N4O2S3/c25-17(15-8-4-10-24(12-15)18(26)16-9-5-11-27-16)21-19-22-23-20(29-19)28-13-14-6-2-1-3-7-14/h1-3,5-7,9,11,15H,4,8,10,12-13H2,(H,21,22,25). The number of hydrogen-bond acceptors (Lipinski definition) is 7. The van der Waals surface area contributed by atoms with E-state index >= 15 is 0 Å². The Morgan fingerprint density at radius 2 is 2.03 bits per heavy atom. The Bertz CT molecular complexity index is 959. The van der Waals surface area contributed by atoms with Gasteiger partial charge in [-0.3, -0.25) is 9.59 Å². The number of benzene rings is 1. The molecular weight excluding hydrogens is 424 g/mol. The van der Waals surface area contributed by atoms with E-state index in [1.54, 1.807) is 16.7 Å². The molecule has 4 rings (SSSR count). The molecule has 150 valence electrons. The van der Waals surface area contributed by atoms with Gasteiger partial charge in [0.2, 0.25) is 11.0 Å². The third-order valence-electron chi connectivity index (χ3n) is 4.65. The van der Waals surface area contributed by atoms with Crippen molar-refractivity contribution < 1.29 is 9.59 Å². The van der Waals surface area contributed by atoms with Crippen LogP contribution in [0.2, 0.25) is 0 Å². The third kappa shape index (κ3) is 5.23. The highest BCUT2D eigenvalue weighted by molar-refractivity contribution is 8.00. The molecule has 3 heterocycles. The van der Waals surface area contributed by atoms with Crippen molar-refractivity contribution in [1.29, 1.82) is 0 Å². The number of thioether (sulfide) groups is 1. The second kappa shape index (κ2) is 9.51. The molecule has 0 saturated carbocycles. The molecule has 1 unspecified atom stereocenters. The Labute approximate surface area is 181 Å². The smallest absolute Gasteiger partial charge is 0.263 e. The summed E-state index contributed by atoms with van der Waals surface area (Å²) in [5, 5.41) is 13.5. The van der Waals surface area contributed by atoms with E-state index in [0.29, 0.717) is 18.2 Å². The van der Waals surface area contributed by atoms with Crippen LogP contribution in [0.25, 0.3) is 0 Å². The predicted molar refractivity (Wildman–Crippen MR) is 117 cm³/mol. The number of carbonyl (C=O) groups excluding carboxylic acids is 2. The Hall–Kier alpha value is -2.23. The number of aromatic nitrogens is 2. The summed E-state index contributed by atoms with van der Waals surface area (Å²) in [6.45, 7) is 1.14. The number of piperidine rings is 1. The predicted octanol–water partition coefficient (Wildman–Crippen LogP) is 4.38. The van der Waals surface area contributed by atoms with Crippen molar-refractivity contribution in [2.75, 3.05) is 18.4 Å². The molecule has 29 heavy (non-hydrogen) atoms. The van der Waals surface area contributed by atoms with Gasteiger partial charge in [-0.15, -0.1) is 21.5 Å². The third-order valence-corrected chi connectivity index (χ3v) is 7.55. The molecule has 0 aliphatic carbocycles. The molecule has 0 radical (unpaired) electrons. The fourth-order valence-electron chi connectivity index (χ4n) is 3.18. The van der Waals surface area contributed by atoms with E-state index in [-0.39, 0.29) is 17.7 Å². The maximum absolute atomic E-state index is 12.7. The fraction of sp³-hybridized carbons (Fsp3) is 0.300. The molecule has 1 aliphatic heterocycles. The van der Waals surface area contributed by atoms with Crippen LogP contribution in [0.1, 0.15) is 28.1 Å². The lowest BCUT2D eigenvalue weighted by Crippen LogP contribution is -2.43. The van der Waals surface area contributed by atoms with Gasteiger partial charge >= 0.3 is 0 Å². The lowest BCUT2D eigenvalue weighted by atomic mass is 9.97. The number of thiophene rings is 1. The first-order chi connectivity index (χ1) is 14.2. The minimum atomic E-state index is -0.225. The van der Waals surface area contributed by atoms with E-state index in [1.165, 1.54) is 28.2 Å². The summed E-state index contributed by atoms with van der Waals surface area (Å²) < 4.78 is 0.822. The van der Waals surface area contributed by atoms with Crippen molar-refractivity contribution in [2.45, 2.75) is 22.9 Å². The first-order valence-corrected chi connectivity index (χ1v) is 12.0. The summed E-state index contributed by atoms with van der Waals surface area (Å²) >= 11 is 4.41. The van der Waals surface area contributed by atoms with Gasteiger partial charge in [0, 0.05) is 18.8 Å². The van der Waals surface area contributed by atoms with Gasteiger partial charge in [0.25, 0.3) is 5.91 Å². The van der Waals surface area contributed by atoms with Crippen molar-refractivity contribution in [1.82, 2.24) is 15.1 Å². The van der Waals surface area contributed by atoms with Crippen molar-refractivity contribution >= 4 is 51.4 Å². The molecule has 3 aromatic rings. The summed E-state index contributed by atoms with van der Waals surface area (Å²) in [5.74, 6) is 0.501. The van der Waals surface area contributed by atoms with Gasteiger partial charge in [0.1, 0.15) is 0 Å². The van der Waals surface area contributed by atoms with E-state index < -0.39 is 0 Å². The number of anilines is 1. The molecule has 0 bridgehead atoms. The summed E-state index contributed by atoms with van der Waals surface area (Å²) in [5.41, 5.74) is 1.22. The van der Waals surface area contributed by atoms with Gasteiger partial charge in [-0.2, -0.15) is 0 Å². The molecule has 2 amide bonds. The molecule has 1 fully saturated rings. The zero-order valence-corrected chi connectivity index (χ0v) is 18.1. The molecule has 2 aromatic heterocycles.